The lowest BCUT2D eigenvalue weighted by Crippen LogP contribution is -2.36. The zero-order chi connectivity index (χ0) is 32.0. The molecule has 0 aliphatic carbocycles. The minimum absolute atomic E-state index is 0.110. The van der Waals surface area contributed by atoms with Gasteiger partial charge in [-0.2, -0.15) is 4.98 Å². The van der Waals surface area contributed by atoms with Crippen molar-refractivity contribution in [3.8, 4) is 5.75 Å². The largest absolute Gasteiger partial charge is 0.497 e. The Labute approximate surface area is 263 Å². The van der Waals surface area contributed by atoms with E-state index in [2.05, 4.69) is 4.98 Å². The molecule has 1 saturated heterocycles. The molecular weight excluding hydrogens is 572 g/mol. The number of ether oxygens (including phenoxy) is 4. The van der Waals surface area contributed by atoms with Gasteiger partial charge in [-0.1, -0.05) is 72.8 Å². The number of rotatable bonds is 11. The van der Waals surface area contributed by atoms with E-state index in [0.29, 0.717) is 12.1 Å². The highest BCUT2D eigenvalue weighted by molar-refractivity contribution is 5.72. The molecule has 236 valence electrons. The van der Waals surface area contributed by atoms with Crippen molar-refractivity contribution in [1.29, 1.82) is 0 Å². The Hall–Kier alpha value is -4.31. The van der Waals surface area contributed by atoms with Gasteiger partial charge in [0.05, 0.1) is 38.5 Å². The minimum atomic E-state index is -0.978. The maximum atomic E-state index is 13.0. The van der Waals surface area contributed by atoms with Gasteiger partial charge in [-0.15, -0.1) is 0 Å². The second-order valence-electron chi connectivity index (χ2n) is 12.1. The summed E-state index contributed by atoms with van der Waals surface area (Å²) < 4.78 is 25.4. The fourth-order valence-electron chi connectivity index (χ4n) is 5.77. The minimum Gasteiger partial charge on any atom is -0.497 e. The van der Waals surface area contributed by atoms with Crippen LogP contribution in [0.25, 0.3) is 0 Å². The van der Waals surface area contributed by atoms with Crippen molar-refractivity contribution in [2.45, 2.75) is 57.1 Å². The van der Waals surface area contributed by atoms with Gasteiger partial charge in [0.15, 0.2) is 0 Å². The molecule has 1 aliphatic heterocycles. The predicted octanol–water partition coefficient (Wildman–Crippen LogP) is 5.04. The quantitative estimate of drug-likeness (QED) is 0.185. The number of methoxy groups -OCH3 is 1. The topological polar surface area (TPSA) is 109 Å². The first-order chi connectivity index (χ1) is 21.6. The first kappa shape index (κ1) is 32.1. The van der Waals surface area contributed by atoms with Crippen LogP contribution < -0.4 is 10.4 Å². The lowest BCUT2D eigenvalue weighted by atomic mass is 9.80. The summed E-state index contributed by atoms with van der Waals surface area (Å²) in [6.45, 7) is 5.34. The normalized spacial score (nSPS) is 18.5. The van der Waals surface area contributed by atoms with E-state index in [4.69, 9.17) is 18.9 Å². The van der Waals surface area contributed by atoms with E-state index in [1.165, 1.54) is 4.57 Å². The second kappa shape index (κ2) is 13.8. The average molecular weight is 613 g/mol. The van der Waals surface area contributed by atoms with E-state index in [-0.39, 0.29) is 25.6 Å². The smallest absolute Gasteiger partial charge is 0.349 e. The molecule has 1 fully saturated rings. The van der Waals surface area contributed by atoms with Gasteiger partial charge in [0.25, 0.3) is 0 Å². The van der Waals surface area contributed by atoms with Crippen molar-refractivity contribution < 1.29 is 28.8 Å². The highest BCUT2D eigenvalue weighted by Gasteiger charge is 2.42. The van der Waals surface area contributed by atoms with Crippen LogP contribution in [0.4, 0.5) is 0 Å². The highest BCUT2D eigenvalue weighted by Crippen LogP contribution is 2.43. The standard InChI is InChI=1S/C36H40N2O7/c1-35(2,3)45-33(40)22-29-19-20-38(34(41)37-29)32-21-25(31(23-39)44-32)24-43-36(26-11-7-5-8-12-26,27-13-9-6-10-14-27)28-15-17-30(42-4)18-16-28/h5-20,25,31-32,39H,21-24H2,1-4H3/t25-,31-,32-/m1/s1. The Bertz CT molecular complexity index is 1580. The maximum Gasteiger partial charge on any atom is 0.349 e. The maximum absolute atomic E-state index is 13.0. The van der Waals surface area contributed by atoms with Crippen LogP contribution in [0.2, 0.25) is 0 Å². The molecule has 2 heterocycles. The molecule has 0 radical (unpaired) electrons. The number of aromatic nitrogens is 2. The van der Waals surface area contributed by atoms with Crippen LogP contribution >= 0.6 is 0 Å². The van der Waals surface area contributed by atoms with Gasteiger partial charge >= 0.3 is 11.7 Å². The fourth-order valence-corrected chi connectivity index (χ4v) is 5.77. The Morgan fingerprint density at radius 3 is 2.07 bits per heavy atom. The Kier molecular flexibility index (Phi) is 9.82. The van der Waals surface area contributed by atoms with Crippen LogP contribution in [0, 0.1) is 5.92 Å². The number of aliphatic hydroxyl groups excluding tert-OH is 1. The summed E-state index contributed by atoms with van der Waals surface area (Å²) in [5.41, 5.74) is 0.966. The number of benzene rings is 3. The number of nitrogens with zero attached hydrogens (tertiary/aromatic N) is 2. The molecule has 3 atom stereocenters. The van der Waals surface area contributed by atoms with Crippen molar-refractivity contribution in [2.24, 2.45) is 5.92 Å². The summed E-state index contributed by atoms with van der Waals surface area (Å²) >= 11 is 0. The predicted molar refractivity (Wildman–Crippen MR) is 169 cm³/mol. The number of carbonyl (C=O) groups is 1. The molecule has 9 heteroatoms. The van der Waals surface area contributed by atoms with E-state index < -0.39 is 35.2 Å². The van der Waals surface area contributed by atoms with Crippen molar-refractivity contribution in [2.75, 3.05) is 20.3 Å². The van der Waals surface area contributed by atoms with Crippen LogP contribution in [-0.4, -0.2) is 52.7 Å². The first-order valence-corrected chi connectivity index (χ1v) is 15.1. The lowest BCUT2D eigenvalue weighted by molar-refractivity contribution is -0.154. The first-order valence-electron chi connectivity index (χ1n) is 15.1. The van der Waals surface area contributed by atoms with Crippen molar-refractivity contribution >= 4 is 5.97 Å². The monoisotopic (exact) mass is 612 g/mol. The molecule has 0 amide bonds. The molecule has 0 unspecified atom stereocenters. The zero-order valence-corrected chi connectivity index (χ0v) is 26.1. The van der Waals surface area contributed by atoms with Crippen LogP contribution in [0.15, 0.2) is 102 Å². The van der Waals surface area contributed by atoms with Gasteiger partial charge in [-0.25, -0.2) is 4.79 Å². The van der Waals surface area contributed by atoms with Crippen LogP contribution in [-0.2, 0) is 31.0 Å². The molecule has 45 heavy (non-hydrogen) atoms. The van der Waals surface area contributed by atoms with Gasteiger partial charge in [-0.05, 0) is 55.7 Å². The van der Waals surface area contributed by atoms with E-state index in [0.717, 1.165) is 22.4 Å². The summed E-state index contributed by atoms with van der Waals surface area (Å²) in [4.78, 5) is 29.4. The van der Waals surface area contributed by atoms with E-state index >= 15 is 0 Å². The van der Waals surface area contributed by atoms with E-state index in [1.54, 1.807) is 40.1 Å². The summed E-state index contributed by atoms with van der Waals surface area (Å²) in [5, 5.41) is 10.3. The number of aliphatic hydroxyl groups is 1. The number of esters is 1. The SMILES string of the molecule is COc1ccc(C(OC[C@H]2C[C@H](n3ccc(CC(=O)OC(C)(C)C)nc3=O)O[C@@H]2CO)(c2ccccc2)c2ccccc2)cc1. The lowest BCUT2D eigenvalue weighted by Gasteiger charge is -2.37. The van der Waals surface area contributed by atoms with Crippen molar-refractivity contribution in [3.63, 3.8) is 0 Å². The number of hydrogen-bond acceptors (Lipinski definition) is 8. The highest BCUT2D eigenvalue weighted by atomic mass is 16.6. The molecule has 1 N–H and O–H groups in total. The van der Waals surface area contributed by atoms with E-state index in [1.807, 2.05) is 84.9 Å². The van der Waals surface area contributed by atoms with Crippen LogP contribution in [0.3, 0.4) is 0 Å². The third-order valence-corrected chi connectivity index (χ3v) is 7.86. The molecule has 4 aromatic rings. The van der Waals surface area contributed by atoms with Gasteiger partial charge in [0.2, 0.25) is 0 Å². The third kappa shape index (κ3) is 7.33. The van der Waals surface area contributed by atoms with Crippen LogP contribution in [0.1, 0.15) is 55.8 Å². The molecule has 0 saturated carbocycles. The molecular formula is C36H40N2O7. The molecule has 0 bridgehead atoms. The Morgan fingerprint density at radius 2 is 1.53 bits per heavy atom. The molecule has 9 nitrogen and oxygen atoms in total. The molecule has 1 aliphatic rings. The third-order valence-electron chi connectivity index (χ3n) is 7.86. The van der Waals surface area contributed by atoms with Gasteiger partial charge in [0, 0.05) is 18.5 Å². The summed E-state index contributed by atoms with van der Waals surface area (Å²) in [5.74, 6) is 0.0368. The van der Waals surface area contributed by atoms with Crippen LogP contribution in [0.5, 0.6) is 5.75 Å². The van der Waals surface area contributed by atoms with Crippen molar-refractivity contribution in [3.05, 3.63) is 130 Å². The molecule has 5 rings (SSSR count). The number of hydrogen-bond donors (Lipinski definition) is 1. The Balaban J connectivity index is 1.42. The molecule has 1 aromatic heterocycles. The molecule has 0 spiro atoms. The van der Waals surface area contributed by atoms with Crippen molar-refractivity contribution in [1.82, 2.24) is 9.55 Å². The summed E-state index contributed by atoms with van der Waals surface area (Å²) in [7, 11) is 1.63. The summed E-state index contributed by atoms with van der Waals surface area (Å²) in [6.07, 6.45) is 0.660. The summed E-state index contributed by atoms with van der Waals surface area (Å²) in [6, 6.07) is 29.5. The Morgan fingerprint density at radius 1 is 0.933 bits per heavy atom. The van der Waals surface area contributed by atoms with Gasteiger partial charge in [-0.3, -0.25) is 9.36 Å². The zero-order valence-electron chi connectivity index (χ0n) is 26.1. The number of carbonyl (C=O) groups excluding carboxylic acids is 1. The van der Waals surface area contributed by atoms with Gasteiger partial charge in [0.1, 0.15) is 23.2 Å². The average Bonchev–Trinajstić information content (AvgIpc) is 3.45. The van der Waals surface area contributed by atoms with E-state index in [9.17, 15) is 14.7 Å². The molecule has 3 aromatic carbocycles. The second-order valence-corrected chi connectivity index (χ2v) is 12.1. The fraction of sp³-hybridized carbons (Fsp3) is 0.361. The van der Waals surface area contributed by atoms with Gasteiger partial charge < -0.3 is 24.1 Å².